The van der Waals surface area contributed by atoms with Crippen LogP contribution in [0, 0.1) is 11.3 Å². The summed E-state index contributed by atoms with van der Waals surface area (Å²) >= 11 is 0. The summed E-state index contributed by atoms with van der Waals surface area (Å²) in [5, 5.41) is 12.8. The third-order valence-electron chi connectivity index (χ3n) is 5.45. The number of carbonyl (C=O) groups excluding carboxylic acids is 2. The van der Waals surface area contributed by atoms with E-state index in [0.717, 1.165) is 12.8 Å². The van der Waals surface area contributed by atoms with E-state index in [1.807, 2.05) is 18.2 Å². The van der Waals surface area contributed by atoms with Crippen molar-refractivity contribution in [1.29, 1.82) is 0 Å². The first kappa shape index (κ1) is 17.9. The fraction of sp³-hybridized carbons (Fsp3) is 0.600. The molecule has 0 aromatic heterocycles. The monoisotopic (exact) mass is 344 g/mol. The van der Waals surface area contributed by atoms with E-state index in [9.17, 15) is 14.7 Å². The van der Waals surface area contributed by atoms with Gasteiger partial charge in [-0.2, -0.15) is 0 Å². The Balaban J connectivity index is 1.73. The van der Waals surface area contributed by atoms with Crippen molar-refractivity contribution >= 4 is 11.8 Å². The van der Waals surface area contributed by atoms with Gasteiger partial charge in [-0.15, -0.1) is 0 Å². The molecule has 1 aromatic rings. The molecule has 136 valence electrons. The second-order valence-corrected chi connectivity index (χ2v) is 8.17. The first-order valence-electron chi connectivity index (χ1n) is 9.12. The molecule has 2 aliphatic rings. The number of hydrogen-bond donors (Lipinski definition) is 2. The number of carbonyl (C=O) groups is 2. The summed E-state index contributed by atoms with van der Waals surface area (Å²) < 4.78 is 0. The smallest absolute Gasteiger partial charge is 0.247 e. The molecule has 25 heavy (non-hydrogen) atoms. The van der Waals surface area contributed by atoms with Crippen molar-refractivity contribution in [3.8, 4) is 0 Å². The molecule has 0 bridgehead atoms. The van der Waals surface area contributed by atoms with E-state index < -0.39 is 12.1 Å². The highest BCUT2D eigenvalue weighted by Gasteiger charge is 2.44. The lowest BCUT2D eigenvalue weighted by molar-refractivity contribution is -0.139. The van der Waals surface area contributed by atoms with Gasteiger partial charge < -0.3 is 15.3 Å². The first-order chi connectivity index (χ1) is 11.8. The molecule has 5 heteroatoms. The molecular formula is C20H28N2O3. The van der Waals surface area contributed by atoms with Crippen LogP contribution in [0.2, 0.25) is 0 Å². The van der Waals surface area contributed by atoms with Gasteiger partial charge in [-0.1, -0.05) is 44.2 Å². The van der Waals surface area contributed by atoms with E-state index in [1.165, 1.54) is 5.56 Å². The number of rotatable bonds is 5. The van der Waals surface area contributed by atoms with Crippen LogP contribution in [0.3, 0.4) is 0 Å². The Morgan fingerprint density at radius 3 is 2.44 bits per heavy atom. The summed E-state index contributed by atoms with van der Waals surface area (Å²) in [5.41, 5.74) is 1.17. The zero-order valence-corrected chi connectivity index (χ0v) is 15.2. The maximum absolute atomic E-state index is 13.0. The van der Waals surface area contributed by atoms with E-state index >= 15 is 0 Å². The predicted octanol–water partition coefficient (Wildman–Crippen LogP) is 1.91. The third-order valence-corrected chi connectivity index (χ3v) is 5.45. The molecule has 1 saturated carbocycles. The molecule has 1 heterocycles. The summed E-state index contributed by atoms with van der Waals surface area (Å²) in [7, 11) is 0. The van der Waals surface area contributed by atoms with Gasteiger partial charge in [0.2, 0.25) is 11.8 Å². The third kappa shape index (κ3) is 3.87. The summed E-state index contributed by atoms with van der Waals surface area (Å²) in [6, 6.07) is 9.36. The topological polar surface area (TPSA) is 69.6 Å². The Kier molecular flexibility index (Phi) is 4.87. The van der Waals surface area contributed by atoms with Crippen molar-refractivity contribution in [2.75, 3.05) is 13.1 Å². The Morgan fingerprint density at radius 1 is 1.24 bits per heavy atom. The molecule has 5 nitrogen and oxygen atoms in total. The van der Waals surface area contributed by atoms with Crippen molar-refractivity contribution < 1.29 is 14.7 Å². The summed E-state index contributed by atoms with van der Waals surface area (Å²) in [6.07, 6.45) is 0.841. The normalized spacial score (nSPS) is 24.6. The number of nitrogens with one attached hydrogen (secondary N) is 1. The maximum Gasteiger partial charge on any atom is 0.247 e. The average molecular weight is 344 g/mol. The average Bonchev–Trinajstić information content (AvgIpc) is 3.36. The summed E-state index contributed by atoms with van der Waals surface area (Å²) in [4.78, 5) is 26.8. The molecule has 1 aliphatic carbocycles. The Labute approximate surface area is 149 Å². The van der Waals surface area contributed by atoms with Gasteiger partial charge in [-0.05, 0) is 30.7 Å². The number of nitrogens with zero attached hydrogens (tertiary/aromatic N) is 1. The van der Waals surface area contributed by atoms with Crippen LogP contribution in [0.15, 0.2) is 30.3 Å². The standard InChI is InChI=1S/C20H28N2O3/c1-13(23)17(21-18(24)15-9-10-15)19(25)22-11-16(20(2,3)12-22)14-7-5-4-6-8-14/h4-8,13,15-17,23H,9-12H2,1-3H3,(H,21,24)/t13-,16+,17+/m0/s1. The fourth-order valence-corrected chi connectivity index (χ4v) is 3.75. The van der Waals surface area contributed by atoms with Crippen LogP contribution in [0.1, 0.15) is 45.1 Å². The molecule has 1 aromatic carbocycles. The van der Waals surface area contributed by atoms with Gasteiger partial charge in [0.1, 0.15) is 6.04 Å². The van der Waals surface area contributed by atoms with Crippen molar-refractivity contribution in [3.05, 3.63) is 35.9 Å². The minimum atomic E-state index is -0.908. The fourth-order valence-electron chi connectivity index (χ4n) is 3.75. The molecule has 1 saturated heterocycles. The SMILES string of the molecule is C[C@H](O)[C@@H](NC(=O)C1CC1)C(=O)N1C[C@H](c2ccccc2)C(C)(C)C1. The molecule has 3 rings (SSSR count). The molecule has 2 N–H and O–H groups in total. The van der Waals surface area contributed by atoms with Gasteiger partial charge in [0, 0.05) is 24.9 Å². The van der Waals surface area contributed by atoms with Crippen LogP contribution in [-0.4, -0.2) is 47.1 Å². The molecule has 2 fully saturated rings. The highest BCUT2D eigenvalue weighted by atomic mass is 16.3. The van der Waals surface area contributed by atoms with Gasteiger partial charge in [-0.25, -0.2) is 0 Å². The van der Waals surface area contributed by atoms with Crippen molar-refractivity contribution in [3.63, 3.8) is 0 Å². The quantitative estimate of drug-likeness (QED) is 0.857. The summed E-state index contributed by atoms with van der Waals surface area (Å²) in [6.45, 7) is 7.12. The van der Waals surface area contributed by atoms with E-state index in [4.69, 9.17) is 0 Å². The Hall–Kier alpha value is -1.88. The second kappa shape index (κ2) is 6.79. The van der Waals surface area contributed by atoms with Crippen LogP contribution in [0.25, 0.3) is 0 Å². The lowest BCUT2D eigenvalue weighted by atomic mass is 9.78. The van der Waals surface area contributed by atoms with E-state index in [1.54, 1.807) is 11.8 Å². The first-order valence-corrected chi connectivity index (χ1v) is 9.12. The molecular weight excluding hydrogens is 316 g/mol. The number of benzene rings is 1. The highest BCUT2D eigenvalue weighted by molar-refractivity contribution is 5.90. The number of likely N-dealkylation sites (tertiary alicyclic amines) is 1. The second-order valence-electron chi connectivity index (χ2n) is 8.17. The summed E-state index contributed by atoms with van der Waals surface area (Å²) in [5.74, 6) is -0.0413. The zero-order chi connectivity index (χ0) is 18.2. The lowest BCUT2D eigenvalue weighted by Crippen LogP contribution is -2.53. The van der Waals surface area contributed by atoms with E-state index in [0.29, 0.717) is 13.1 Å². The highest BCUT2D eigenvalue weighted by Crippen LogP contribution is 2.42. The lowest BCUT2D eigenvalue weighted by Gasteiger charge is -2.27. The van der Waals surface area contributed by atoms with Gasteiger partial charge >= 0.3 is 0 Å². The van der Waals surface area contributed by atoms with Crippen LogP contribution in [0.5, 0.6) is 0 Å². The number of aliphatic hydroxyl groups excluding tert-OH is 1. The maximum atomic E-state index is 13.0. The van der Waals surface area contributed by atoms with Crippen LogP contribution >= 0.6 is 0 Å². The zero-order valence-electron chi connectivity index (χ0n) is 15.2. The van der Waals surface area contributed by atoms with E-state index in [-0.39, 0.29) is 29.1 Å². The van der Waals surface area contributed by atoms with Crippen molar-refractivity contribution in [2.45, 2.75) is 51.7 Å². The van der Waals surface area contributed by atoms with Crippen LogP contribution in [0.4, 0.5) is 0 Å². The van der Waals surface area contributed by atoms with Crippen LogP contribution in [-0.2, 0) is 9.59 Å². The molecule has 0 spiro atoms. The number of aliphatic hydroxyl groups is 1. The van der Waals surface area contributed by atoms with E-state index in [2.05, 4.69) is 31.3 Å². The van der Waals surface area contributed by atoms with Gasteiger partial charge in [0.15, 0.2) is 0 Å². The molecule has 0 radical (unpaired) electrons. The van der Waals surface area contributed by atoms with Crippen molar-refractivity contribution in [1.82, 2.24) is 10.2 Å². The van der Waals surface area contributed by atoms with Gasteiger partial charge in [-0.3, -0.25) is 9.59 Å². The molecule has 1 aliphatic heterocycles. The predicted molar refractivity (Wildman–Crippen MR) is 95.9 cm³/mol. The van der Waals surface area contributed by atoms with Gasteiger partial charge in [0.25, 0.3) is 0 Å². The number of hydrogen-bond acceptors (Lipinski definition) is 3. The minimum Gasteiger partial charge on any atom is -0.391 e. The molecule has 2 amide bonds. The van der Waals surface area contributed by atoms with Crippen molar-refractivity contribution in [2.24, 2.45) is 11.3 Å². The Bertz CT molecular complexity index is 638. The van der Waals surface area contributed by atoms with Crippen LogP contribution < -0.4 is 5.32 Å². The molecule has 0 unspecified atom stereocenters. The molecule has 3 atom stereocenters. The largest absolute Gasteiger partial charge is 0.391 e. The van der Waals surface area contributed by atoms with Gasteiger partial charge in [0.05, 0.1) is 6.10 Å². The number of amides is 2. The Morgan fingerprint density at radius 2 is 1.88 bits per heavy atom. The minimum absolute atomic E-state index is 0.0149.